The molecular weight excluding hydrogens is 1430 g/mol. The topological polar surface area (TPSA) is 29.6 Å². The third-order valence-corrected chi connectivity index (χ3v) is 25.1. The van der Waals surface area contributed by atoms with Gasteiger partial charge < -0.3 is 27.4 Å². The Hall–Kier alpha value is -15.8. The maximum atomic E-state index is 2.51. The summed E-state index contributed by atoms with van der Waals surface area (Å²) in [6.45, 7) is 0. The summed E-state index contributed by atoms with van der Waals surface area (Å²) < 4.78 is 14.7. The van der Waals surface area contributed by atoms with Crippen molar-refractivity contribution < 1.29 is 0 Å². The molecule has 0 fully saturated rings. The second-order valence-electron chi connectivity index (χ2n) is 31.5. The average Bonchev–Trinajstić information content (AvgIpc) is 1.55. The fraction of sp³-hybridized carbons (Fsp3) is 0. The van der Waals surface area contributed by atoms with Gasteiger partial charge in [0.2, 0.25) is 0 Å². The molecule has 118 heavy (non-hydrogen) atoms. The molecular formula is C112H70N6. The molecule has 0 aliphatic carbocycles. The Labute approximate surface area is 677 Å². The van der Waals surface area contributed by atoms with Gasteiger partial charge in [0.1, 0.15) is 0 Å². The first-order valence-electron chi connectivity index (χ1n) is 40.7. The molecule has 6 aromatic heterocycles. The van der Waals surface area contributed by atoms with Gasteiger partial charge in [0.15, 0.2) is 0 Å². The van der Waals surface area contributed by atoms with Crippen LogP contribution < -0.4 is 0 Å². The van der Waals surface area contributed by atoms with Crippen LogP contribution in [0.2, 0.25) is 0 Å². The highest BCUT2D eigenvalue weighted by Gasteiger charge is 2.26. The van der Waals surface area contributed by atoms with Crippen molar-refractivity contribution in [1.29, 1.82) is 0 Å². The average molecular weight is 1500 g/mol. The molecule has 0 atom stereocenters. The van der Waals surface area contributed by atoms with Crippen LogP contribution in [0.5, 0.6) is 0 Å². The number of hydrogen-bond donors (Lipinski definition) is 0. The predicted octanol–water partition coefficient (Wildman–Crippen LogP) is 29.9. The summed E-state index contributed by atoms with van der Waals surface area (Å²) in [5, 5.41) is 24.9. The quantitative estimate of drug-likeness (QED) is 0.145. The van der Waals surface area contributed by atoms with Crippen LogP contribution in [0.3, 0.4) is 0 Å². The second-order valence-corrected chi connectivity index (χ2v) is 31.5. The van der Waals surface area contributed by atoms with Crippen molar-refractivity contribution in [3.63, 3.8) is 0 Å². The van der Waals surface area contributed by atoms with Crippen molar-refractivity contribution in [2.45, 2.75) is 0 Å². The van der Waals surface area contributed by atoms with E-state index < -0.39 is 0 Å². The summed E-state index contributed by atoms with van der Waals surface area (Å²) in [5.74, 6) is 0. The zero-order chi connectivity index (χ0) is 77.2. The van der Waals surface area contributed by atoms with Crippen molar-refractivity contribution in [2.75, 3.05) is 0 Å². The van der Waals surface area contributed by atoms with E-state index in [1.807, 2.05) is 0 Å². The first kappa shape index (κ1) is 65.8. The van der Waals surface area contributed by atoms with Crippen LogP contribution in [0.25, 0.3) is 230 Å². The van der Waals surface area contributed by atoms with E-state index in [0.29, 0.717) is 0 Å². The lowest BCUT2D eigenvalue weighted by Crippen LogP contribution is -1.98. The number of rotatable bonds is 8. The summed E-state index contributed by atoms with van der Waals surface area (Å²) in [4.78, 5) is 0. The fourth-order valence-electron chi connectivity index (χ4n) is 19.8. The Kier molecular flexibility index (Phi) is 14.4. The molecule has 0 aliphatic heterocycles. The minimum atomic E-state index is 1.15. The SMILES string of the molecule is c1ccc(-n2c3ccccc3c3c2ccc2c4cc(-c5ccc6c(c5)c5ccccc5n6-c5ccc6ccccc6c5)ccc4n(-c4ccc5ccccc5c4)c23)cc1.c1ccc(-n2c3ccccc3c3ccc4c5cc(-c6ccc7c(c6)c6ccccc6n7-c6ccc7ccccc7c6)ccc5n(-c5ccc6ccccc6c5)c4c32)cc1. The van der Waals surface area contributed by atoms with Gasteiger partial charge >= 0.3 is 0 Å². The Balaban J connectivity index is 0.000000131. The zero-order valence-electron chi connectivity index (χ0n) is 64.1. The van der Waals surface area contributed by atoms with Gasteiger partial charge in [-0.15, -0.1) is 0 Å². The molecule has 26 aromatic rings. The van der Waals surface area contributed by atoms with Gasteiger partial charge in [-0.3, -0.25) is 0 Å². The predicted molar refractivity (Wildman–Crippen MR) is 500 cm³/mol. The van der Waals surface area contributed by atoms with E-state index in [1.165, 1.54) is 208 Å². The van der Waals surface area contributed by atoms with Gasteiger partial charge in [0.25, 0.3) is 0 Å². The summed E-state index contributed by atoms with van der Waals surface area (Å²) in [7, 11) is 0. The van der Waals surface area contributed by atoms with Gasteiger partial charge in [-0.1, -0.05) is 273 Å². The van der Waals surface area contributed by atoms with Crippen LogP contribution in [-0.4, -0.2) is 27.4 Å². The van der Waals surface area contributed by atoms with Crippen molar-refractivity contribution in [2.24, 2.45) is 0 Å². The Morgan fingerprint density at radius 3 is 0.780 bits per heavy atom. The molecule has 6 heteroatoms. The molecule has 20 aromatic carbocycles. The summed E-state index contributed by atoms with van der Waals surface area (Å²) >= 11 is 0. The highest BCUT2D eigenvalue weighted by Crippen LogP contribution is 2.48. The van der Waals surface area contributed by atoms with Crippen molar-refractivity contribution in [3.05, 3.63) is 425 Å². The molecule has 0 unspecified atom stereocenters. The van der Waals surface area contributed by atoms with Gasteiger partial charge in [-0.2, -0.15) is 0 Å². The lowest BCUT2D eigenvalue weighted by molar-refractivity contribution is 1.15. The number of para-hydroxylation sites is 6. The van der Waals surface area contributed by atoms with E-state index in [4.69, 9.17) is 0 Å². The molecule has 0 saturated heterocycles. The third kappa shape index (κ3) is 10.00. The Morgan fingerprint density at radius 2 is 0.364 bits per heavy atom. The Morgan fingerprint density at radius 1 is 0.119 bits per heavy atom. The van der Waals surface area contributed by atoms with E-state index in [0.717, 1.165) is 22.7 Å². The first-order valence-corrected chi connectivity index (χ1v) is 40.7. The van der Waals surface area contributed by atoms with Crippen LogP contribution in [0.4, 0.5) is 0 Å². The molecule has 548 valence electrons. The molecule has 0 radical (unpaired) electrons. The minimum absolute atomic E-state index is 1.15. The van der Waals surface area contributed by atoms with E-state index in [2.05, 4.69) is 452 Å². The molecule has 0 bridgehead atoms. The highest BCUT2D eigenvalue weighted by atomic mass is 15.1. The fourth-order valence-corrected chi connectivity index (χ4v) is 19.8. The van der Waals surface area contributed by atoms with E-state index >= 15 is 0 Å². The normalized spacial score (nSPS) is 12.1. The van der Waals surface area contributed by atoms with Crippen LogP contribution in [0, 0.1) is 0 Å². The molecule has 0 N–H and O–H groups in total. The summed E-state index contributed by atoms with van der Waals surface area (Å²) in [5.41, 5.74) is 26.2. The van der Waals surface area contributed by atoms with Crippen molar-refractivity contribution in [1.82, 2.24) is 27.4 Å². The summed E-state index contributed by atoms with van der Waals surface area (Å²) in [6, 6.07) is 156. The van der Waals surface area contributed by atoms with Crippen LogP contribution in [0.1, 0.15) is 0 Å². The minimum Gasteiger partial charge on any atom is -0.309 e. The Bertz CT molecular complexity index is 8690. The van der Waals surface area contributed by atoms with E-state index in [1.54, 1.807) is 0 Å². The number of aromatic nitrogens is 6. The molecule has 0 saturated carbocycles. The van der Waals surface area contributed by atoms with Gasteiger partial charge in [-0.25, -0.2) is 0 Å². The van der Waals surface area contributed by atoms with E-state index in [9.17, 15) is 0 Å². The highest BCUT2D eigenvalue weighted by molar-refractivity contribution is 6.28. The van der Waals surface area contributed by atoms with Gasteiger partial charge in [0, 0.05) is 98.8 Å². The van der Waals surface area contributed by atoms with Crippen molar-refractivity contribution in [3.8, 4) is 56.4 Å². The zero-order valence-corrected chi connectivity index (χ0v) is 64.1. The lowest BCUT2D eigenvalue weighted by Gasteiger charge is -2.13. The summed E-state index contributed by atoms with van der Waals surface area (Å²) in [6.07, 6.45) is 0. The van der Waals surface area contributed by atoms with Crippen molar-refractivity contribution >= 4 is 174 Å². The maximum Gasteiger partial charge on any atom is 0.0788 e. The lowest BCUT2D eigenvalue weighted by atomic mass is 10.00. The second kappa shape index (κ2) is 25.9. The van der Waals surface area contributed by atoms with Gasteiger partial charge in [-0.05, 0) is 217 Å². The van der Waals surface area contributed by atoms with E-state index in [-0.39, 0.29) is 0 Å². The monoisotopic (exact) mass is 1500 g/mol. The molecule has 0 aliphatic rings. The third-order valence-electron chi connectivity index (χ3n) is 25.1. The maximum absolute atomic E-state index is 2.51. The number of nitrogens with zero attached hydrogens (tertiary/aromatic N) is 6. The molecule has 6 nitrogen and oxygen atoms in total. The van der Waals surface area contributed by atoms with Crippen LogP contribution in [-0.2, 0) is 0 Å². The van der Waals surface area contributed by atoms with Gasteiger partial charge in [0.05, 0.1) is 66.2 Å². The number of hydrogen-bond acceptors (Lipinski definition) is 0. The smallest absolute Gasteiger partial charge is 0.0788 e. The number of fused-ring (bicyclic) bond motifs is 24. The number of benzene rings is 20. The largest absolute Gasteiger partial charge is 0.309 e. The molecule has 0 spiro atoms. The first-order chi connectivity index (χ1) is 58.5. The van der Waals surface area contributed by atoms with Crippen LogP contribution >= 0.6 is 0 Å². The molecule has 26 rings (SSSR count). The molecule has 6 heterocycles. The molecule has 0 amide bonds. The standard InChI is InChI=1S/2C56H35N3/c1-2-16-42(17-3-1)58-52-21-11-8-18-45(52)47-28-29-48-50-35-41(25-31-54(50)59(56(48)55(47)58)44-27-23-37-13-5-7-15-39(37)33-44)40-24-30-53-49(34-40)46-19-9-10-20-51(46)57(53)43-26-22-36-12-4-6-14-38(36)32-43;1-2-16-42(17-3-1)57-51-21-11-9-19-47(51)55-54(57)31-28-46-49-35-41(25-30-53(49)59(56(46)55)44-27-23-37-13-5-7-15-39(37)33-44)40-24-29-52-48(34-40)45-18-8-10-20-50(45)58(52)43-26-22-36-12-4-6-14-38(36)32-43/h2*1-35H. The van der Waals surface area contributed by atoms with Crippen LogP contribution in [0.15, 0.2) is 425 Å².